The molecule has 0 heterocycles. The first-order valence-corrected chi connectivity index (χ1v) is 27.5. The van der Waals surface area contributed by atoms with Gasteiger partial charge in [0.1, 0.15) is 0 Å². The van der Waals surface area contributed by atoms with Crippen LogP contribution < -0.4 is 0 Å². The van der Waals surface area contributed by atoms with Crippen LogP contribution in [-0.2, 0) is 13.3 Å². The summed E-state index contributed by atoms with van der Waals surface area (Å²) < 4.78 is 19.8. The van der Waals surface area contributed by atoms with Gasteiger partial charge in [-0.3, -0.25) is 0 Å². The Kier molecular flexibility index (Phi) is 11.7. The molecular weight excluding hydrogens is 565 g/mol. The van der Waals surface area contributed by atoms with Crippen molar-refractivity contribution >= 4 is 25.0 Å². The van der Waals surface area contributed by atoms with Crippen molar-refractivity contribution in [2.24, 2.45) is 23.2 Å². The average Bonchev–Trinajstić information content (AvgIpc) is 3.14. The molecule has 6 heteroatoms. The van der Waals surface area contributed by atoms with Crippen molar-refractivity contribution in [1.82, 2.24) is 0 Å². The lowest BCUT2D eigenvalue weighted by Crippen LogP contribution is -2.42. The number of rotatable bonds is 12. The van der Waals surface area contributed by atoms with Crippen LogP contribution >= 0.6 is 0 Å². The molecule has 3 aliphatic rings. The Morgan fingerprint density at radius 1 is 0.952 bits per heavy atom. The molecule has 0 bridgehead atoms. The number of allylic oxidation sites excluding steroid dienone is 3. The highest BCUT2D eigenvalue weighted by molar-refractivity contribution is 6.70. The van der Waals surface area contributed by atoms with E-state index in [0.29, 0.717) is 5.41 Å². The van der Waals surface area contributed by atoms with Gasteiger partial charge >= 0.3 is 0 Å². The first-order chi connectivity index (χ1) is 19.1. The fraction of sp³-hybridized carbons (Fsp3) is 0.833. The van der Waals surface area contributed by atoms with Crippen molar-refractivity contribution in [3.05, 3.63) is 35.5 Å². The van der Waals surface area contributed by atoms with Crippen molar-refractivity contribution in [3.63, 3.8) is 0 Å². The van der Waals surface area contributed by atoms with Crippen LogP contribution in [0.1, 0.15) is 91.9 Å². The van der Waals surface area contributed by atoms with Gasteiger partial charge in [0.25, 0.3) is 0 Å². The zero-order valence-corrected chi connectivity index (χ0v) is 33.0. The first-order valence-electron chi connectivity index (χ1n) is 17.2. The highest BCUT2D eigenvalue weighted by Gasteiger charge is 2.50. The molecular formula is C36H68O3Si3. The van der Waals surface area contributed by atoms with Crippen LogP contribution in [0.5, 0.6) is 0 Å². The summed E-state index contributed by atoms with van der Waals surface area (Å²) >= 11 is 0. The first kappa shape index (κ1) is 36.2. The van der Waals surface area contributed by atoms with Crippen LogP contribution in [0, 0.1) is 23.2 Å². The van der Waals surface area contributed by atoms with Gasteiger partial charge in [-0.2, -0.15) is 0 Å². The van der Waals surface area contributed by atoms with Gasteiger partial charge in [-0.05, 0) is 152 Å². The largest absolute Gasteiger partial charge is 0.414 e. The minimum absolute atomic E-state index is 0.00190. The van der Waals surface area contributed by atoms with Crippen LogP contribution in [0.3, 0.4) is 0 Å². The third-order valence-electron chi connectivity index (χ3n) is 9.99. The molecule has 0 saturated heterocycles. The van der Waals surface area contributed by atoms with E-state index < -0.39 is 25.0 Å². The highest BCUT2D eigenvalue weighted by Crippen LogP contribution is 2.60. The Bertz CT molecular complexity index is 994. The van der Waals surface area contributed by atoms with E-state index in [1.807, 2.05) is 0 Å². The molecule has 3 nitrogen and oxygen atoms in total. The molecule has 42 heavy (non-hydrogen) atoms. The molecule has 3 saturated carbocycles. The summed E-state index contributed by atoms with van der Waals surface area (Å²) in [5.41, 5.74) is 4.69. The third kappa shape index (κ3) is 10.4. The second-order valence-corrected chi connectivity index (χ2v) is 31.3. The second kappa shape index (κ2) is 13.6. The second-order valence-electron chi connectivity index (χ2n) is 17.9. The summed E-state index contributed by atoms with van der Waals surface area (Å²) in [6, 6.07) is 0. The molecule has 0 aromatic carbocycles. The lowest BCUT2D eigenvalue weighted by atomic mass is 9.60. The van der Waals surface area contributed by atoms with Crippen molar-refractivity contribution < 1.29 is 13.3 Å². The third-order valence-corrected chi connectivity index (χ3v) is 13.2. The molecule has 0 spiro atoms. The van der Waals surface area contributed by atoms with E-state index in [0.717, 1.165) is 30.6 Å². The van der Waals surface area contributed by atoms with Crippen LogP contribution in [0.4, 0.5) is 0 Å². The molecule has 0 aromatic heterocycles. The Hall–Kier alpha value is -0.249. The monoisotopic (exact) mass is 632 g/mol. The van der Waals surface area contributed by atoms with Gasteiger partial charge in [-0.1, -0.05) is 51.0 Å². The Morgan fingerprint density at radius 2 is 1.60 bits per heavy atom. The minimum atomic E-state index is -1.69. The molecule has 0 N–H and O–H groups in total. The van der Waals surface area contributed by atoms with Gasteiger partial charge in [-0.15, -0.1) is 0 Å². The van der Waals surface area contributed by atoms with E-state index in [4.69, 9.17) is 13.3 Å². The summed E-state index contributed by atoms with van der Waals surface area (Å²) in [7, 11) is -4.85. The predicted octanol–water partition coefficient (Wildman–Crippen LogP) is 11.3. The Balaban J connectivity index is 1.73. The summed E-state index contributed by atoms with van der Waals surface area (Å²) in [6.07, 6.45) is 17.7. The van der Waals surface area contributed by atoms with Gasteiger partial charge in [0.15, 0.2) is 25.0 Å². The normalized spacial score (nSPS) is 32.5. The molecule has 0 radical (unpaired) electrons. The van der Waals surface area contributed by atoms with Crippen molar-refractivity contribution in [2.75, 3.05) is 0 Å². The van der Waals surface area contributed by atoms with Crippen LogP contribution in [0.25, 0.3) is 0 Å². The Morgan fingerprint density at radius 3 is 2.19 bits per heavy atom. The smallest absolute Gasteiger partial charge is 0.184 e. The van der Waals surface area contributed by atoms with Crippen LogP contribution in [0.15, 0.2) is 35.5 Å². The van der Waals surface area contributed by atoms with Crippen LogP contribution in [0.2, 0.25) is 58.9 Å². The summed E-state index contributed by atoms with van der Waals surface area (Å²) in [6.45, 7) is 35.1. The van der Waals surface area contributed by atoms with Gasteiger partial charge < -0.3 is 13.3 Å². The molecule has 242 valence electrons. The summed E-state index contributed by atoms with van der Waals surface area (Å²) in [5, 5.41) is 0. The van der Waals surface area contributed by atoms with Gasteiger partial charge in [0.05, 0.1) is 17.8 Å². The maximum absolute atomic E-state index is 6.67. The maximum atomic E-state index is 6.67. The topological polar surface area (TPSA) is 27.7 Å². The van der Waals surface area contributed by atoms with Gasteiger partial charge in [0.2, 0.25) is 0 Å². The van der Waals surface area contributed by atoms with Crippen molar-refractivity contribution in [3.8, 4) is 0 Å². The van der Waals surface area contributed by atoms with Crippen molar-refractivity contribution in [1.29, 1.82) is 0 Å². The zero-order chi connectivity index (χ0) is 31.7. The summed E-state index contributed by atoms with van der Waals surface area (Å²) in [4.78, 5) is 0. The van der Waals surface area contributed by atoms with E-state index in [-0.39, 0.29) is 17.8 Å². The van der Waals surface area contributed by atoms with E-state index in [1.165, 1.54) is 62.5 Å². The van der Waals surface area contributed by atoms with Crippen LogP contribution in [-0.4, -0.2) is 42.8 Å². The lowest BCUT2D eigenvalue weighted by molar-refractivity contribution is 0.0735. The van der Waals surface area contributed by atoms with Gasteiger partial charge in [0, 0.05) is 6.42 Å². The lowest BCUT2D eigenvalue weighted by Gasteiger charge is -2.44. The average molecular weight is 633 g/mol. The van der Waals surface area contributed by atoms with E-state index in [2.05, 4.69) is 105 Å². The number of hydrogen-bond donors (Lipinski definition) is 0. The van der Waals surface area contributed by atoms with E-state index in [1.54, 1.807) is 5.57 Å². The SMILES string of the molecule is C=C1/C(=C/C=C2\CCC[C@]3(C)[C@@H]([C@H](C)CCCC(C)(C)O[Si](C)(C)C)CC[C@@H]23)C[C@@H](O[Si](C)(C)C)CC1O[Si](C)(C)C. The fourth-order valence-electron chi connectivity index (χ4n) is 8.71. The van der Waals surface area contributed by atoms with E-state index >= 15 is 0 Å². The molecule has 3 aliphatic carbocycles. The maximum Gasteiger partial charge on any atom is 0.184 e. The minimum Gasteiger partial charge on any atom is -0.414 e. The number of hydrogen-bond acceptors (Lipinski definition) is 3. The zero-order valence-electron chi connectivity index (χ0n) is 30.0. The van der Waals surface area contributed by atoms with Crippen molar-refractivity contribution in [2.45, 2.75) is 169 Å². The molecule has 0 amide bonds. The number of fused-ring (bicyclic) bond motifs is 1. The molecule has 6 atom stereocenters. The molecule has 3 rings (SSSR count). The van der Waals surface area contributed by atoms with E-state index in [9.17, 15) is 0 Å². The summed E-state index contributed by atoms with van der Waals surface area (Å²) in [5.74, 6) is 2.33. The molecule has 0 aliphatic heterocycles. The Labute approximate surface area is 264 Å². The predicted molar refractivity (Wildman–Crippen MR) is 191 cm³/mol. The quantitative estimate of drug-likeness (QED) is 0.200. The molecule has 0 aromatic rings. The van der Waals surface area contributed by atoms with Gasteiger partial charge in [-0.25, -0.2) is 0 Å². The standard InChI is InChI=1S/C36H68O3Si3/c1-27(17-15-23-35(3,4)39-42(12,13)14)32-21-22-33-29(18-16-24-36(32,33)5)19-20-30-25-31(37-40(6,7)8)26-34(28(30)2)38-41(9,10)11/h19-20,27,31-34H,2,15-18,21-26H2,1,3-14H3/b29-19+,30-20+/t27-,31-,32-,33+,34?,36-/m1/s1. The molecule has 3 fully saturated rings. The fourth-order valence-corrected chi connectivity index (χ4v) is 12.7. The molecule has 1 unspecified atom stereocenters. The highest BCUT2D eigenvalue weighted by atomic mass is 28.4.